The van der Waals surface area contributed by atoms with Gasteiger partial charge in [-0.15, -0.1) is 0 Å². The van der Waals surface area contributed by atoms with E-state index < -0.39 is 0 Å². The summed E-state index contributed by atoms with van der Waals surface area (Å²) in [6.45, 7) is 0.277. The van der Waals surface area contributed by atoms with Crippen molar-refractivity contribution in [3.05, 3.63) is 412 Å². The molecule has 0 atom stereocenters. The Bertz CT molecular complexity index is 5370. The van der Waals surface area contributed by atoms with Crippen molar-refractivity contribution in [3.63, 3.8) is 0 Å². The molecule has 6 heteroatoms. The normalized spacial score (nSPS) is 12.1. The minimum Gasteiger partial charge on any atom is -0.312 e. The van der Waals surface area contributed by atoms with Crippen LogP contribution < -0.4 is 52.4 Å². The maximum absolute atomic E-state index is 2.43. The van der Waals surface area contributed by atoms with Gasteiger partial charge in [0.25, 0.3) is 0 Å². The molecule has 2 aliphatic rings. The maximum atomic E-state index is 2.43. The van der Waals surface area contributed by atoms with E-state index in [1.807, 2.05) is 0 Å². The standard InChI is InChI=1S/C48H35BN2.C46H33BN2/c1-3-16-39(17-4-1)50(40-18-5-2-6-19-40)41-32-28-36(29-33-41)26-27-37-30-34-42(35-31-37)51-47-24-11-9-21-45(47)49(46-22-10-12-25-48(46)51)44-23-13-15-38-14-7-8-20-43(38)44;1-3-16-37(17-4-1)48(38-18-5-2-6-19-38)39-30-26-34(27-31-39)35-28-32-40(33-29-35)49-45-24-11-9-21-43(45)47(44-22-10-12-25-46(44)49)42-23-13-15-36-14-7-8-20-41(36)42/h1-35H;1-33H/b27-26+;. The van der Waals surface area contributed by atoms with E-state index in [0.717, 1.165) is 56.6 Å². The summed E-state index contributed by atoms with van der Waals surface area (Å²) in [5.74, 6) is 0. The van der Waals surface area contributed by atoms with Gasteiger partial charge in [-0.3, -0.25) is 0 Å². The van der Waals surface area contributed by atoms with Crippen LogP contribution in [0.5, 0.6) is 0 Å². The van der Waals surface area contributed by atoms with E-state index >= 15 is 0 Å². The highest BCUT2D eigenvalue weighted by Gasteiger charge is 2.37. The predicted molar refractivity (Wildman–Crippen MR) is 430 cm³/mol. The zero-order valence-corrected chi connectivity index (χ0v) is 55.2. The number of hydrogen-bond donors (Lipinski definition) is 0. The van der Waals surface area contributed by atoms with Gasteiger partial charge in [-0.2, -0.15) is 0 Å². The lowest BCUT2D eigenvalue weighted by Crippen LogP contribution is -2.57. The first-order valence-corrected chi connectivity index (χ1v) is 34.5. The highest BCUT2D eigenvalue weighted by Crippen LogP contribution is 2.41. The van der Waals surface area contributed by atoms with E-state index in [0.29, 0.717) is 0 Å². The second kappa shape index (κ2) is 27.3. The van der Waals surface area contributed by atoms with Gasteiger partial charge in [-0.25, -0.2) is 0 Å². The Hall–Kier alpha value is -12.9. The van der Waals surface area contributed by atoms with Gasteiger partial charge < -0.3 is 19.6 Å². The first-order valence-electron chi connectivity index (χ1n) is 34.5. The third-order valence-corrected chi connectivity index (χ3v) is 19.6. The molecule has 16 aromatic rings. The SMILES string of the molecule is C(=C\c1ccc(N2c3ccccc3B(c3cccc4ccccc34)c3ccccc32)cc1)/c1ccc(N(c2ccccc2)c2ccccc2)cc1.c1ccc(N(c2ccccc2)c2ccc(-c3ccc(N4c5ccccc5B(c5cccc6ccccc56)c5ccccc54)cc3)cc2)cc1. The predicted octanol–water partition coefficient (Wildman–Crippen LogP) is 21.1. The zero-order valence-electron chi connectivity index (χ0n) is 55.2. The van der Waals surface area contributed by atoms with Gasteiger partial charge in [0.05, 0.1) is 0 Å². The van der Waals surface area contributed by atoms with Gasteiger partial charge in [-0.1, -0.05) is 302 Å². The van der Waals surface area contributed by atoms with Crippen molar-refractivity contribution in [2.24, 2.45) is 0 Å². The summed E-state index contributed by atoms with van der Waals surface area (Å²) in [5, 5.41) is 5.15. The van der Waals surface area contributed by atoms with Crippen LogP contribution >= 0.6 is 0 Å². The Morgan fingerprint density at radius 1 is 0.200 bits per heavy atom. The third-order valence-electron chi connectivity index (χ3n) is 19.6. The highest BCUT2D eigenvalue weighted by atomic mass is 15.2. The van der Waals surface area contributed by atoms with E-state index in [1.165, 1.54) is 88.2 Å². The molecule has 0 amide bonds. The summed E-state index contributed by atoms with van der Waals surface area (Å²) in [4.78, 5) is 9.43. The van der Waals surface area contributed by atoms with Crippen LogP contribution in [0.1, 0.15) is 11.1 Å². The van der Waals surface area contributed by atoms with Crippen molar-refractivity contribution in [2.75, 3.05) is 19.6 Å². The zero-order chi connectivity index (χ0) is 66.6. The molecule has 2 aliphatic heterocycles. The molecule has 0 saturated heterocycles. The summed E-state index contributed by atoms with van der Waals surface area (Å²) in [6, 6.07) is 144. The largest absolute Gasteiger partial charge is 0.312 e. The minimum atomic E-state index is 0.138. The van der Waals surface area contributed by atoms with Gasteiger partial charge in [-0.05, 0) is 187 Å². The van der Waals surface area contributed by atoms with E-state index in [1.54, 1.807) is 0 Å². The fourth-order valence-electron chi connectivity index (χ4n) is 15.0. The number of para-hydroxylation sites is 8. The summed E-state index contributed by atoms with van der Waals surface area (Å²) in [6.07, 6.45) is 4.38. The fourth-order valence-corrected chi connectivity index (χ4v) is 15.0. The molecule has 2 heterocycles. The molecule has 0 N–H and O–H groups in total. The van der Waals surface area contributed by atoms with Crippen molar-refractivity contribution < 1.29 is 0 Å². The van der Waals surface area contributed by atoms with Crippen molar-refractivity contribution in [1.29, 1.82) is 0 Å². The number of benzene rings is 16. The van der Waals surface area contributed by atoms with Gasteiger partial charge in [0, 0.05) is 68.2 Å². The molecule has 0 unspecified atom stereocenters. The van der Waals surface area contributed by atoms with Crippen molar-refractivity contribution in [1.82, 2.24) is 0 Å². The molecule has 18 rings (SSSR count). The van der Waals surface area contributed by atoms with Crippen molar-refractivity contribution in [2.45, 2.75) is 0 Å². The molecule has 470 valence electrons. The molecule has 0 fully saturated rings. The van der Waals surface area contributed by atoms with E-state index in [9.17, 15) is 0 Å². The number of fused-ring (bicyclic) bond motifs is 6. The fraction of sp³-hybridized carbons (Fsp3) is 0. The molecule has 0 saturated carbocycles. The number of rotatable bonds is 13. The minimum absolute atomic E-state index is 0.138. The molecule has 0 aromatic heterocycles. The highest BCUT2D eigenvalue weighted by molar-refractivity contribution is 7.00. The smallest absolute Gasteiger partial charge is 0.247 e. The lowest BCUT2D eigenvalue weighted by atomic mass is 9.34. The second-order valence-electron chi connectivity index (χ2n) is 25.5. The molecule has 0 aliphatic carbocycles. The Labute approximate surface area is 586 Å². The Kier molecular flexibility index (Phi) is 16.6. The summed E-state index contributed by atoms with van der Waals surface area (Å²) in [7, 11) is 0. The molecule has 0 bridgehead atoms. The number of anilines is 12. The quantitative estimate of drug-likeness (QED) is 0.0842. The van der Waals surface area contributed by atoms with Crippen LogP contribution in [0.4, 0.5) is 68.2 Å². The average molecular weight is 1280 g/mol. The lowest BCUT2D eigenvalue weighted by molar-refractivity contribution is 1.28. The monoisotopic (exact) mass is 1270 g/mol. The van der Waals surface area contributed by atoms with Crippen LogP contribution in [0.2, 0.25) is 0 Å². The van der Waals surface area contributed by atoms with Gasteiger partial charge in [0.1, 0.15) is 0 Å². The molecule has 0 radical (unpaired) electrons. The molecule has 4 nitrogen and oxygen atoms in total. The summed E-state index contributed by atoms with van der Waals surface area (Å²) >= 11 is 0. The lowest BCUT2D eigenvalue weighted by Gasteiger charge is -2.37. The average Bonchev–Trinajstić information content (AvgIpc) is 0.736. The van der Waals surface area contributed by atoms with E-state index in [4.69, 9.17) is 0 Å². The molecule has 0 spiro atoms. The van der Waals surface area contributed by atoms with Crippen molar-refractivity contribution >= 4 is 148 Å². The first kappa shape index (κ1) is 60.8. The van der Waals surface area contributed by atoms with Crippen LogP contribution in [-0.2, 0) is 0 Å². The molecular weight excluding hydrogens is 1210 g/mol. The van der Waals surface area contributed by atoms with Gasteiger partial charge in [0.15, 0.2) is 0 Å². The van der Waals surface area contributed by atoms with Crippen molar-refractivity contribution in [3.8, 4) is 11.1 Å². The van der Waals surface area contributed by atoms with Gasteiger partial charge >= 0.3 is 0 Å². The third kappa shape index (κ3) is 11.8. The Morgan fingerprint density at radius 2 is 0.450 bits per heavy atom. The molecular formula is C94H68B2N4. The molecule has 100 heavy (non-hydrogen) atoms. The van der Waals surface area contributed by atoms with Gasteiger partial charge in [0.2, 0.25) is 13.4 Å². The molecule has 16 aromatic carbocycles. The first-order chi connectivity index (χ1) is 49.6. The Morgan fingerprint density at radius 3 is 0.810 bits per heavy atom. The van der Waals surface area contributed by atoms with Crippen LogP contribution in [0, 0.1) is 0 Å². The summed E-state index contributed by atoms with van der Waals surface area (Å²) < 4.78 is 0. The number of hydrogen-bond acceptors (Lipinski definition) is 4. The van der Waals surface area contributed by atoms with Crippen LogP contribution in [-0.4, -0.2) is 13.4 Å². The maximum Gasteiger partial charge on any atom is 0.247 e. The van der Waals surface area contributed by atoms with Crippen LogP contribution in [0.25, 0.3) is 44.8 Å². The van der Waals surface area contributed by atoms with E-state index in [-0.39, 0.29) is 13.4 Å². The van der Waals surface area contributed by atoms with E-state index in [2.05, 4.69) is 432 Å². The van der Waals surface area contributed by atoms with Crippen LogP contribution in [0.3, 0.4) is 0 Å². The topological polar surface area (TPSA) is 13.0 Å². The summed E-state index contributed by atoms with van der Waals surface area (Å²) in [5.41, 5.74) is 26.6. The van der Waals surface area contributed by atoms with Crippen LogP contribution in [0.15, 0.2) is 400 Å². The number of nitrogens with zero attached hydrogens (tertiary/aromatic N) is 4. The Balaban J connectivity index is 0.000000150. The second-order valence-corrected chi connectivity index (χ2v) is 25.5.